The first kappa shape index (κ1) is 17.1. The molecule has 1 saturated carbocycles. The Kier molecular flexibility index (Phi) is 5.04. The predicted molar refractivity (Wildman–Crippen MR) is 94.6 cm³/mol. The minimum absolute atomic E-state index is 0.0221. The number of hydrogen-bond acceptors (Lipinski definition) is 5. The maximum absolute atomic E-state index is 12.9. The maximum Gasteiger partial charge on any atom is 0.272 e. The van der Waals surface area contributed by atoms with Crippen molar-refractivity contribution >= 4 is 11.9 Å². The van der Waals surface area contributed by atoms with Crippen LogP contribution in [0, 0.1) is 18.8 Å². The Morgan fingerprint density at radius 2 is 2.08 bits per heavy atom. The summed E-state index contributed by atoms with van der Waals surface area (Å²) in [5.41, 5.74) is 6.86. The van der Waals surface area contributed by atoms with Crippen molar-refractivity contribution in [3.8, 4) is 0 Å². The third kappa shape index (κ3) is 4.04. The standard InChI is InChI=1S/C18H29N5O/c1-12(2)16-11-23(8-4-7-22(16)10-14-5-6-14)17(24)15-9-13(3)20-18(19)21-15/h9,12,14,16H,4-8,10-11H2,1-3H3,(H2,19,20,21). The van der Waals surface area contributed by atoms with Crippen LogP contribution in [0.5, 0.6) is 0 Å². The number of hydrogen-bond donors (Lipinski definition) is 1. The van der Waals surface area contributed by atoms with Crippen LogP contribution in [0.2, 0.25) is 0 Å². The highest BCUT2D eigenvalue weighted by Crippen LogP contribution is 2.32. The molecule has 2 heterocycles. The molecule has 132 valence electrons. The van der Waals surface area contributed by atoms with Crippen LogP contribution in [0.1, 0.15) is 49.3 Å². The van der Waals surface area contributed by atoms with Gasteiger partial charge in [0, 0.05) is 37.9 Å². The van der Waals surface area contributed by atoms with Crippen molar-refractivity contribution in [1.82, 2.24) is 19.8 Å². The van der Waals surface area contributed by atoms with E-state index in [1.165, 1.54) is 19.4 Å². The molecule has 1 aromatic rings. The van der Waals surface area contributed by atoms with E-state index in [1.807, 2.05) is 11.8 Å². The molecule has 0 bridgehead atoms. The summed E-state index contributed by atoms with van der Waals surface area (Å²) in [6.45, 7) is 10.2. The van der Waals surface area contributed by atoms with E-state index >= 15 is 0 Å². The maximum atomic E-state index is 12.9. The van der Waals surface area contributed by atoms with E-state index in [2.05, 4.69) is 28.7 Å². The second-order valence-corrected chi connectivity index (χ2v) is 7.61. The molecule has 0 aromatic carbocycles. The van der Waals surface area contributed by atoms with Crippen molar-refractivity contribution < 1.29 is 4.79 Å². The number of anilines is 1. The number of nitrogens with two attached hydrogens (primary N) is 1. The summed E-state index contributed by atoms with van der Waals surface area (Å²) >= 11 is 0. The van der Waals surface area contributed by atoms with Gasteiger partial charge < -0.3 is 10.6 Å². The second-order valence-electron chi connectivity index (χ2n) is 7.61. The Hall–Kier alpha value is -1.69. The molecule has 6 nitrogen and oxygen atoms in total. The molecule has 6 heteroatoms. The number of aryl methyl sites for hydroxylation is 1. The number of aromatic nitrogens is 2. The lowest BCUT2D eigenvalue weighted by Crippen LogP contribution is -2.46. The number of carbonyl (C=O) groups excluding carboxylic acids is 1. The molecule has 2 N–H and O–H groups in total. The summed E-state index contributed by atoms with van der Waals surface area (Å²) in [6, 6.07) is 2.15. The zero-order valence-corrected chi connectivity index (χ0v) is 15.0. The van der Waals surface area contributed by atoms with Gasteiger partial charge in [0.05, 0.1) is 0 Å². The summed E-state index contributed by atoms with van der Waals surface area (Å²) in [5, 5.41) is 0. The first-order valence-electron chi connectivity index (χ1n) is 9.08. The van der Waals surface area contributed by atoms with Crippen LogP contribution in [0.3, 0.4) is 0 Å². The number of carbonyl (C=O) groups is 1. The van der Waals surface area contributed by atoms with Crippen molar-refractivity contribution in [3.63, 3.8) is 0 Å². The van der Waals surface area contributed by atoms with Gasteiger partial charge in [0.1, 0.15) is 5.69 Å². The van der Waals surface area contributed by atoms with E-state index in [-0.39, 0.29) is 11.9 Å². The van der Waals surface area contributed by atoms with Gasteiger partial charge in [-0.25, -0.2) is 9.97 Å². The van der Waals surface area contributed by atoms with Gasteiger partial charge in [0.25, 0.3) is 5.91 Å². The van der Waals surface area contributed by atoms with Crippen LogP contribution in [-0.4, -0.2) is 57.9 Å². The molecule has 1 aliphatic carbocycles. The van der Waals surface area contributed by atoms with Gasteiger partial charge in [0.15, 0.2) is 0 Å². The van der Waals surface area contributed by atoms with E-state index < -0.39 is 0 Å². The van der Waals surface area contributed by atoms with Gasteiger partial charge >= 0.3 is 0 Å². The highest BCUT2D eigenvalue weighted by molar-refractivity contribution is 5.92. The fourth-order valence-electron chi connectivity index (χ4n) is 3.60. The van der Waals surface area contributed by atoms with Crippen LogP contribution in [0.4, 0.5) is 5.95 Å². The van der Waals surface area contributed by atoms with Gasteiger partial charge in [-0.05, 0) is 44.1 Å². The van der Waals surface area contributed by atoms with Crippen LogP contribution in [0.25, 0.3) is 0 Å². The number of rotatable bonds is 4. The predicted octanol–water partition coefficient (Wildman–Crippen LogP) is 1.95. The van der Waals surface area contributed by atoms with E-state index in [1.54, 1.807) is 6.07 Å². The van der Waals surface area contributed by atoms with Crippen molar-refractivity contribution in [2.45, 2.75) is 46.1 Å². The summed E-state index contributed by atoms with van der Waals surface area (Å²) < 4.78 is 0. The average Bonchev–Trinajstić information content (AvgIpc) is 3.33. The lowest BCUT2D eigenvalue weighted by molar-refractivity contribution is 0.0698. The lowest BCUT2D eigenvalue weighted by atomic mass is 10.0. The fourth-order valence-corrected chi connectivity index (χ4v) is 3.60. The van der Waals surface area contributed by atoms with Crippen molar-refractivity contribution in [1.29, 1.82) is 0 Å². The monoisotopic (exact) mass is 331 g/mol. The third-order valence-corrected chi connectivity index (χ3v) is 5.09. The smallest absolute Gasteiger partial charge is 0.272 e. The van der Waals surface area contributed by atoms with Crippen LogP contribution >= 0.6 is 0 Å². The third-order valence-electron chi connectivity index (χ3n) is 5.09. The molecule has 1 aliphatic heterocycles. The van der Waals surface area contributed by atoms with Gasteiger partial charge in [0.2, 0.25) is 5.95 Å². The Bertz CT molecular complexity index is 579. The molecule has 1 amide bonds. The Morgan fingerprint density at radius 3 is 2.71 bits per heavy atom. The van der Waals surface area contributed by atoms with Crippen molar-refractivity contribution in [3.05, 3.63) is 17.5 Å². The minimum Gasteiger partial charge on any atom is -0.368 e. The first-order valence-corrected chi connectivity index (χ1v) is 9.08. The van der Waals surface area contributed by atoms with Gasteiger partial charge in [-0.3, -0.25) is 9.69 Å². The summed E-state index contributed by atoms with van der Waals surface area (Å²) in [5.74, 6) is 1.54. The normalized spacial score (nSPS) is 22.7. The summed E-state index contributed by atoms with van der Waals surface area (Å²) in [4.78, 5) is 25.7. The lowest BCUT2D eigenvalue weighted by Gasteiger charge is -2.34. The molecular formula is C18H29N5O. The van der Waals surface area contributed by atoms with E-state index in [0.717, 1.165) is 37.7 Å². The van der Waals surface area contributed by atoms with Crippen LogP contribution in [0.15, 0.2) is 6.07 Å². The largest absolute Gasteiger partial charge is 0.368 e. The number of amides is 1. The Balaban J connectivity index is 1.76. The molecule has 2 fully saturated rings. The topological polar surface area (TPSA) is 75.4 Å². The summed E-state index contributed by atoms with van der Waals surface area (Å²) in [6.07, 6.45) is 3.74. The zero-order valence-electron chi connectivity index (χ0n) is 15.0. The molecule has 0 spiro atoms. The highest BCUT2D eigenvalue weighted by Gasteiger charge is 2.33. The summed E-state index contributed by atoms with van der Waals surface area (Å²) in [7, 11) is 0. The van der Waals surface area contributed by atoms with E-state index in [9.17, 15) is 4.79 Å². The fraction of sp³-hybridized carbons (Fsp3) is 0.722. The first-order chi connectivity index (χ1) is 11.4. The van der Waals surface area contributed by atoms with Gasteiger partial charge in [-0.15, -0.1) is 0 Å². The van der Waals surface area contributed by atoms with Crippen LogP contribution < -0.4 is 5.73 Å². The average molecular weight is 331 g/mol. The Morgan fingerprint density at radius 1 is 1.33 bits per heavy atom. The highest BCUT2D eigenvalue weighted by atomic mass is 16.2. The SMILES string of the molecule is Cc1cc(C(=O)N2CCCN(CC3CC3)C(C(C)C)C2)nc(N)n1. The van der Waals surface area contributed by atoms with Gasteiger partial charge in [-0.1, -0.05) is 13.8 Å². The molecule has 3 rings (SSSR count). The molecule has 1 atom stereocenters. The molecular weight excluding hydrogens is 302 g/mol. The molecule has 1 unspecified atom stereocenters. The molecule has 2 aliphatic rings. The molecule has 24 heavy (non-hydrogen) atoms. The van der Waals surface area contributed by atoms with Crippen LogP contribution in [-0.2, 0) is 0 Å². The molecule has 1 saturated heterocycles. The molecule has 1 aromatic heterocycles. The van der Waals surface area contributed by atoms with Crippen molar-refractivity contribution in [2.75, 3.05) is 31.9 Å². The van der Waals surface area contributed by atoms with Crippen molar-refractivity contribution in [2.24, 2.45) is 11.8 Å². The second kappa shape index (κ2) is 7.05. The quantitative estimate of drug-likeness (QED) is 0.912. The molecule has 0 radical (unpaired) electrons. The zero-order chi connectivity index (χ0) is 17.3. The van der Waals surface area contributed by atoms with E-state index in [4.69, 9.17) is 5.73 Å². The number of nitrogen functional groups attached to an aromatic ring is 1. The Labute approximate surface area is 144 Å². The van der Waals surface area contributed by atoms with E-state index in [0.29, 0.717) is 17.7 Å². The minimum atomic E-state index is -0.0221. The van der Waals surface area contributed by atoms with Gasteiger partial charge in [-0.2, -0.15) is 0 Å². The number of nitrogens with zero attached hydrogens (tertiary/aromatic N) is 4.